The van der Waals surface area contributed by atoms with Gasteiger partial charge in [0.05, 0.1) is 24.1 Å². The molecule has 0 unspecified atom stereocenters. The Morgan fingerprint density at radius 3 is 2.82 bits per heavy atom. The molecule has 3 rings (SSSR count). The number of methoxy groups -OCH3 is 1. The first-order valence-electron chi connectivity index (χ1n) is 7.51. The summed E-state index contributed by atoms with van der Waals surface area (Å²) in [6, 6.07) is 3.77. The summed E-state index contributed by atoms with van der Waals surface area (Å²) in [6.07, 6.45) is 5.29. The summed E-state index contributed by atoms with van der Waals surface area (Å²) in [6.45, 7) is 2.32. The molecule has 0 amide bonds. The number of carbonyl (C=O) groups is 1. The minimum atomic E-state index is -0.900. The summed E-state index contributed by atoms with van der Waals surface area (Å²) in [5, 5.41) is 9.38. The fraction of sp³-hybridized carbons (Fsp3) is 0.412. The zero-order valence-electron chi connectivity index (χ0n) is 12.8. The molecule has 0 bridgehead atoms. The number of aryl methyl sites for hydroxylation is 1. The number of carboxylic acids is 1. The van der Waals surface area contributed by atoms with E-state index in [2.05, 4.69) is 9.97 Å². The largest absolute Gasteiger partial charge is 0.478 e. The molecule has 0 aliphatic heterocycles. The normalized spacial score (nSPS) is 14.8. The Morgan fingerprint density at radius 1 is 1.45 bits per heavy atom. The highest BCUT2D eigenvalue weighted by molar-refractivity contribution is 5.91. The Labute approximate surface area is 129 Å². The minimum absolute atomic E-state index is 0.336. The first-order chi connectivity index (χ1) is 10.6. The molecule has 1 aromatic carbocycles. The van der Waals surface area contributed by atoms with Crippen molar-refractivity contribution in [1.29, 1.82) is 0 Å². The Kier molecular flexibility index (Phi) is 3.98. The number of ether oxygens (including phenoxy) is 1. The fourth-order valence-corrected chi connectivity index (χ4v) is 2.95. The predicted molar refractivity (Wildman–Crippen MR) is 83.0 cm³/mol. The van der Waals surface area contributed by atoms with Gasteiger partial charge in [-0.2, -0.15) is 0 Å². The number of aromatic amines is 1. The van der Waals surface area contributed by atoms with Gasteiger partial charge < -0.3 is 14.8 Å². The molecule has 5 heteroatoms. The highest BCUT2D eigenvalue weighted by atomic mass is 16.5. The SMILES string of the molecule is COCc1cnc(-c2cc(C(=O)O)c(C)cc2C2CCC2)[nH]1. The molecule has 116 valence electrons. The third-order valence-electron chi connectivity index (χ3n) is 4.36. The molecule has 0 spiro atoms. The number of nitrogens with zero attached hydrogens (tertiary/aromatic N) is 1. The van der Waals surface area contributed by atoms with Gasteiger partial charge in [-0.25, -0.2) is 9.78 Å². The standard InChI is InChI=1S/C17H20N2O3/c1-10-6-14(11-4-3-5-11)15(7-13(10)17(20)21)16-18-8-12(19-16)9-22-2/h6-8,11H,3-5,9H2,1-2H3,(H,18,19)(H,20,21). The second kappa shape index (κ2) is 5.93. The molecule has 1 aliphatic carbocycles. The molecular weight excluding hydrogens is 280 g/mol. The molecular formula is C17H20N2O3. The average Bonchev–Trinajstić information content (AvgIpc) is 2.85. The molecule has 22 heavy (non-hydrogen) atoms. The molecule has 1 heterocycles. The van der Waals surface area contributed by atoms with Gasteiger partial charge in [-0.1, -0.05) is 12.5 Å². The van der Waals surface area contributed by atoms with Crippen LogP contribution in [-0.4, -0.2) is 28.2 Å². The van der Waals surface area contributed by atoms with Crippen molar-refractivity contribution in [3.05, 3.63) is 40.7 Å². The number of hydrogen-bond donors (Lipinski definition) is 2. The van der Waals surface area contributed by atoms with Gasteiger partial charge in [0, 0.05) is 12.7 Å². The molecule has 1 aliphatic rings. The first kappa shape index (κ1) is 14.8. The summed E-state index contributed by atoms with van der Waals surface area (Å²) in [7, 11) is 1.63. The second-order valence-corrected chi connectivity index (χ2v) is 5.88. The van der Waals surface area contributed by atoms with E-state index in [4.69, 9.17) is 4.74 Å². The van der Waals surface area contributed by atoms with Crippen molar-refractivity contribution in [2.75, 3.05) is 7.11 Å². The maximum absolute atomic E-state index is 11.4. The number of rotatable bonds is 5. The number of aromatic nitrogens is 2. The van der Waals surface area contributed by atoms with Crippen molar-refractivity contribution in [1.82, 2.24) is 9.97 Å². The van der Waals surface area contributed by atoms with Crippen molar-refractivity contribution in [2.24, 2.45) is 0 Å². The van der Waals surface area contributed by atoms with Gasteiger partial charge in [0.2, 0.25) is 0 Å². The van der Waals surface area contributed by atoms with Crippen LogP contribution in [0.25, 0.3) is 11.4 Å². The van der Waals surface area contributed by atoms with Crippen LogP contribution >= 0.6 is 0 Å². The molecule has 5 nitrogen and oxygen atoms in total. The predicted octanol–water partition coefficient (Wildman–Crippen LogP) is 3.50. The van der Waals surface area contributed by atoms with E-state index in [1.807, 2.05) is 13.0 Å². The van der Waals surface area contributed by atoms with Crippen LogP contribution < -0.4 is 0 Å². The quantitative estimate of drug-likeness (QED) is 0.886. The number of H-pyrrole nitrogens is 1. The minimum Gasteiger partial charge on any atom is -0.478 e. The highest BCUT2D eigenvalue weighted by Crippen LogP contribution is 2.41. The molecule has 1 fully saturated rings. The fourth-order valence-electron chi connectivity index (χ4n) is 2.95. The van der Waals surface area contributed by atoms with Crippen LogP contribution in [-0.2, 0) is 11.3 Å². The van der Waals surface area contributed by atoms with Gasteiger partial charge in [-0.3, -0.25) is 0 Å². The van der Waals surface area contributed by atoms with Crippen LogP contribution in [0.4, 0.5) is 0 Å². The lowest BCUT2D eigenvalue weighted by Crippen LogP contribution is -2.12. The first-order valence-corrected chi connectivity index (χ1v) is 7.51. The summed E-state index contributed by atoms with van der Waals surface area (Å²) in [5.41, 5.74) is 4.13. The van der Waals surface area contributed by atoms with E-state index in [1.54, 1.807) is 19.4 Å². The third kappa shape index (κ3) is 2.64. The molecule has 2 N–H and O–H groups in total. The molecule has 0 radical (unpaired) electrons. The number of nitrogens with one attached hydrogen (secondary N) is 1. The molecule has 0 atom stereocenters. The number of hydrogen-bond acceptors (Lipinski definition) is 3. The van der Waals surface area contributed by atoms with Gasteiger partial charge >= 0.3 is 5.97 Å². The molecule has 1 aromatic heterocycles. The third-order valence-corrected chi connectivity index (χ3v) is 4.36. The van der Waals surface area contributed by atoms with Gasteiger partial charge in [0.25, 0.3) is 0 Å². The van der Waals surface area contributed by atoms with Gasteiger partial charge in [0.1, 0.15) is 5.82 Å². The summed E-state index contributed by atoms with van der Waals surface area (Å²) in [4.78, 5) is 19.1. The van der Waals surface area contributed by atoms with Gasteiger partial charge in [0.15, 0.2) is 0 Å². The Balaban J connectivity index is 2.09. The average molecular weight is 300 g/mol. The summed E-state index contributed by atoms with van der Waals surface area (Å²) < 4.78 is 5.10. The van der Waals surface area contributed by atoms with Crippen LogP contribution in [0.15, 0.2) is 18.3 Å². The van der Waals surface area contributed by atoms with Crippen molar-refractivity contribution < 1.29 is 14.6 Å². The lowest BCUT2D eigenvalue weighted by atomic mass is 9.77. The van der Waals surface area contributed by atoms with Crippen LogP contribution in [0, 0.1) is 6.92 Å². The number of carboxylic acid groups (broad SMARTS) is 1. The van der Waals surface area contributed by atoms with Gasteiger partial charge in [-0.05, 0) is 42.9 Å². The Morgan fingerprint density at radius 2 is 2.23 bits per heavy atom. The van der Waals surface area contributed by atoms with E-state index in [-0.39, 0.29) is 0 Å². The van der Waals surface area contributed by atoms with Crippen LogP contribution in [0.5, 0.6) is 0 Å². The lowest BCUT2D eigenvalue weighted by molar-refractivity contribution is 0.0696. The zero-order chi connectivity index (χ0) is 15.7. The Bertz CT molecular complexity index is 702. The zero-order valence-corrected chi connectivity index (χ0v) is 12.8. The van der Waals surface area contributed by atoms with E-state index < -0.39 is 5.97 Å². The molecule has 2 aromatic rings. The van der Waals surface area contributed by atoms with Crippen LogP contribution in [0.2, 0.25) is 0 Å². The molecule has 0 saturated heterocycles. The maximum Gasteiger partial charge on any atom is 0.335 e. The molecule has 1 saturated carbocycles. The number of imidazole rings is 1. The van der Waals surface area contributed by atoms with E-state index in [1.165, 1.54) is 12.0 Å². The van der Waals surface area contributed by atoms with Crippen LogP contribution in [0.1, 0.15) is 52.4 Å². The topological polar surface area (TPSA) is 75.2 Å². The van der Waals surface area contributed by atoms with E-state index in [0.717, 1.165) is 35.5 Å². The lowest BCUT2D eigenvalue weighted by Gasteiger charge is -2.28. The smallest absolute Gasteiger partial charge is 0.335 e. The van der Waals surface area contributed by atoms with Crippen molar-refractivity contribution in [2.45, 2.75) is 38.7 Å². The summed E-state index contributed by atoms with van der Waals surface area (Å²) >= 11 is 0. The van der Waals surface area contributed by atoms with Gasteiger partial charge in [-0.15, -0.1) is 0 Å². The van der Waals surface area contributed by atoms with Crippen molar-refractivity contribution in [3.63, 3.8) is 0 Å². The second-order valence-electron chi connectivity index (χ2n) is 5.88. The van der Waals surface area contributed by atoms with Crippen molar-refractivity contribution in [3.8, 4) is 11.4 Å². The van der Waals surface area contributed by atoms with E-state index in [9.17, 15) is 9.90 Å². The number of benzene rings is 1. The monoisotopic (exact) mass is 300 g/mol. The van der Waals surface area contributed by atoms with E-state index in [0.29, 0.717) is 18.1 Å². The highest BCUT2D eigenvalue weighted by Gasteiger charge is 2.25. The Hall–Kier alpha value is -2.14. The maximum atomic E-state index is 11.4. The van der Waals surface area contributed by atoms with Crippen LogP contribution in [0.3, 0.4) is 0 Å². The van der Waals surface area contributed by atoms with E-state index >= 15 is 0 Å². The van der Waals surface area contributed by atoms with Crippen molar-refractivity contribution >= 4 is 5.97 Å². The summed E-state index contributed by atoms with van der Waals surface area (Å²) in [5.74, 6) is 0.326. The number of aromatic carboxylic acids is 1.